The van der Waals surface area contributed by atoms with E-state index in [0.29, 0.717) is 17.3 Å². The van der Waals surface area contributed by atoms with Crippen LogP contribution in [0.1, 0.15) is 25.3 Å². The number of rotatable bonds is 5. The normalized spacial score (nSPS) is 20.7. The zero-order valence-electron chi connectivity index (χ0n) is 11.4. The van der Waals surface area contributed by atoms with Crippen molar-refractivity contribution in [2.75, 3.05) is 13.7 Å². The van der Waals surface area contributed by atoms with Gasteiger partial charge >= 0.3 is 0 Å². The highest BCUT2D eigenvalue weighted by Gasteiger charge is 2.30. The van der Waals surface area contributed by atoms with E-state index >= 15 is 0 Å². The molecule has 0 radical (unpaired) electrons. The van der Waals surface area contributed by atoms with Crippen LogP contribution in [0.2, 0.25) is 0 Å². The lowest BCUT2D eigenvalue weighted by Crippen LogP contribution is -2.34. The molecule has 1 saturated heterocycles. The summed E-state index contributed by atoms with van der Waals surface area (Å²) in [5, 5.41) is 0. The van der Waals surface area contributed by atoms with Crippen molar-refractivity contribution in [3.8, 4) is 5.75 Å². The Morgan fingerprint density at radius 1 is 1.42 bits per heavy atom. The first-order valence-corrected chi connectivity index (χ1v) is 7.58. The molecule has 0 bridgehead atoms. The smallest absolute Gasteiger partial charge is 0.224 e. The number of amides is 1. The van der Waals surface area contributed by atoms with E-state index in [4.69, 9.17) is 4.74 Å². The van der Waals surface area contributed by atoms with Crippen LogP contribution in [0.3, 0.4) is 0 Å². The molecule has 0 N–H and O–H groups in total. The van der Waals surface area contributed by atoms with Crippen molar-refractivity contribution in [3.63, 3.8) is 0 Å². The van der Waals surface area contributed by atoms with E-state index < -0.39 is 0 Å². The number of halogens is 1. The van der Waals surface area contributed by atoms with Crippen molar-refractivity contribution in [2.45, 2.75) is 37.1 Å². The zero-order valence-corrected chi connectivity index (χ0v) is 13.0. The molecule has 1 aromatic rings. The minimum absolute atomic E-state index is 0.268. The first kappa shape index (κ1) is 14.4. The van der Waals surface area contributed by atoms with Crippen LogP contribution in [-0.4, -0.2) is 35.3 Å². The second-order valence-electron chi connectivity index (χ2n) is 5.08. The average molecular weight is 326 g/mol. The minimum Gasteiger partial charge on any atom is -0.497 e. The highest BCUT2D eigenvalue weighted by atomic mass is 79.9. The molecule has 3 nitrogen and oxygen atoms in total. The van der Waals surface area contributed by atoms with Crippen LogP contribution < -0.4 is 4.74 Å². The third-order valence-corrected chi connectivity index (χ3v) is 4.27. The summed E-state index contributed by atoms with van der Waals surface area (Å²) in [5.41, 5.74) is 1.29. The van der Waals surface area contributed by atoms with Gasteiger partial charge in [0.15, 0.2) is 0 Å². The van der Waals surface area contributed by atoms with Crippen LogP contribution in [0.4, 0.5) is 0 Å². The zero-order chi connectivity index (χ0) is 13.8. The van der Waals surface area contributed by atoms with Gasteiger partial charge in [0.1, 0.15) is 5.75 Å². The molecule has 2 rings (SSSR count). The summed E-state index contributed by atoms with van der Waals surface area (Å²) in [4.78, 5) is 14.1. The Morgan fingerprint density at radius 2 is 2.11 bits per heavy atom. The molecule has 104 valence electrons. The number of hydrogen-bond donors (Lipinski definition) is 0. The molecule has 1 heterocycles. The number of methoxy groups -OCH3 is 1. The lowest BCUT2D eigenvalue weighted by molar-refractivity contribution is -0.129. The van der Waals surface area contributed by atoms with Gasteiger partial charge in [0, 0.05) is 23.8 Å². The van der Waals surface area contributed by atoms with Crippen molar-refractivity contribution in [2.24, 2.45) is 0 Å². The number of likely N-dealkylation sites (tertiary alicyclic amines) is 1. The first-order chi connectivity index (χ1) is 9.10. The molecule has 1 aliphatic heterocycles. The van der Waals surface area contributed by atoms with E-state index in [1.807, 2.05) is 17.0 Å². The van der Waals surface area contributed by atoms with Gasteiger partial charge in [-0.3, -0.25) is 4.79 Å². The molecule has 0 spiro atoms. The van der Waals surface area contributed by atoms with E-state index in [0.717, 1.165) is 25.1 Å². The SMILES string of the molecule is COc1ccc(CCC(C)N2CC(Br)CC2=O)cc1. The van der Waals surface area contributed by atoms with Crippen LogP contribution in [0, 0.1) is 0 Å². The second kappa shape index (κ2) is 6.42. The average Bonchev–Trinajstić information content (AvgIpc) is 2.75. The molecule has 4 heteroatoms. The van der Waals surface area contributed by atoms with Crippen LogP contribution in [-0.2, 0) is 11.2 Å². The predicted molar refractivity (Wildman–Crippen MR) is 79.8 cm³/mol. The Morgan fingerprint density at radius 3 is 2.63 bits per heavy atom. The number of benzene rings is 1. The predicted octanol–water partition coefficient (Wildman–Crippen LogP) is 3.01. The van der Waals surface area contributed by atoms with Crippen molar-refractivity contribution in [1.82, 2.24) is 4.90 Å². The number of hydrogen-bond acceptors (Lipinski definition) is 2. The number of alkyl halides is 1. The summed E-state index contributed by atoms with van der Waals surface area (Å²) in [6.45, 7) is 2.97. The molecule has 19 heavy (non-hydrogen) atoms. The van der Waals surface area contributed by atoms with Gasteiger partial charge in [-0.15, -0.1) is 0 Å². The van der Waals surface area contributed by atoms with Crippen LogP contribution in [0.25, 0.3) is 0 Å². The van der Waals surface area contributed by atoms with Gasteiger partial charge in [0.2, 0.25) is 5.91 Å². The minimum atomic E-state index is 0.268. The molecule has 1 aliphatic rings. The molecular weight excluding hydrogens is 306 g/mol. The van der Waals surface area contributed by atoms with E-state index in [2.05, 4.69) is 35.0 Å². The third-order valence-electron chi connectivity index (χ3n) is 3.65. The highest BCUT2D eigenvalue weighted by molar-refractivity contribution is 9.09. The van der Waals surface area contributed by atoms with E-state index in [1.165, 1.54) is 5.56 Å². The maximum atomic E-state index is 11.8. The Bertz CT molecular complexity index is 432. The molecule has 1 aromatic carbocycles. The number of ether oxygens (including phenoxy) is 1. The van der Waals surface area contributed by atoms with Gasteiger partial charge in [0.05, 0.1) is 7.11 Å². The van der Waals surface area contributed by atoms with Gasteiger partial charge < -0.3 is 9.64 Å². The molecule has 0 aromatic heterocycles. The van der Waals surface area contributed by atoms with E-state index in [1.54, 1.807) is 7.11 Å². The van der Waals surface area contributed by atoms with Crippen LogP contribution in [0.5, 0.6) is 5.75 Å². The lowest BCUT2D eigenvalue weighted by Gasteiger charge is -2.24. The van der Waals surface area contributed by atoms with Gasteiger partial charge in [0.25, 0.3) is 0 Å². The summed E-state index contributed by atoms with van der Waals surface area (Å²) in [7, 11) is 1.67. The standard InChI is InChI=1S/C15H20BrNO2/c1-11(17-10-13(16)9-15(17)18)3-4-12-5-7-14(19-2)8-6-12/h5-8,11,13H,3-4,9-10H2,1-2H3. The molecule has 2 unspecified atom stereocenters. The summed E-state index contributed by atoms with van der Waals surface area (Å²) in [6, 6.07) is 8.44. The topological polar surface area (TPSA) is 29.5 Å². The Balaban J connectivity index is 1.85. The third kappa shape index (κ3) is 3.72. The van der Waals surface area contributed by atoms with Gasteiger partial charge in [-0.05, 0) is 37.5 Å². The largest absolute Gasteiger partial charge is 0.497 e. The Hall–Kier alpha value is -1.03. The van der Waals surface area contributed by atoms with Crippen molar-refractivity contribution >= 4 is 21.8 Å². The fourth-order valence-corrected chi connectivity index (χ4v) is 3.02. The maximum Gasteiger partial charge on any atom is 0.224 e. The Kier molecular flexibility index (Phi) is 4.86. The quantitative estimate of drug-likeness (QED) is 0.779. The van der Waals surface area contributed by atoms with Gasteiger partial charge in [-0.1, -0.05) is 28.1 Å². The Labute approximate surface area is 123 Å². The number of nitrogens with zero attached hydrogens (tertiary/aromatic N) is 1. The fraction of sp³-hybridized carbons (Fsp3) is 0.533. The van der Waals surface area contributed by atoms with Gasteiger partial charge in [-0.2, -0.15) is 0 Å². The van der Waals surface area contributed by atoms with Crippen molar-refractivity contribution in [3.05, 3.63) is 29.8 Å². The number of aryl methyl sites for hydroxylation is 1. The summed E-state index contributed by atoms with van der Waals surface area (Å²) < 4.78 is 5.14. The molecule has 0 aliphatic carbocycles. The van der Waals surface area contributed by atoms with Crippen molar-refractivity contribution < 1.29 is 9.53 Å². The summed E-state index contributed by atoms with van der Waals surface area (Å²) >= 11 is 3.52. The summed E-state index contributed by atoms with van der Waals surface area (Å²) in [5.74, 6) is 1.15. The van der Waals surface area contributed by atoms with Crippen LogP contribution in [0.15, 0.2) is 24.3 Å². The van der Waals surface area contributed by atoms with E-state index in [9.17, 15) is 4.79 Å². The maximum absolute atomic E-state index is 11.8. The number of carbonyl (C=O) groups excluding carboxylic acids is 1. The summed E-state index contributed by atoms with van der Waals surface area (Å²) in [6.07, 6.45) is 2.62. The van der Waals surface area contributed by atoms with Crippen molar-refractivity contribution in [1.29, 1.82) is 0 Å². The number of carbonyl (C=O) groups is 1. The lowest BCUT2D eigenvalue weighted by atomic mass is 10.1. The van der Waals surface area contributed by atoms with Gasteiger partial charge in [-0.25, -0.2) is 0 Å². The van der Waals surface area contributed by atoms with E-state index in [-0.39, 0.29) is 5.91 Å². The fourth-order valence-electron chi connectivity index (χ4n) is 2.44. The molecule has 1 fully saturated rings. The second-order valence-corrected chi connectivity index (χ2v) is 6.38. The molecule has 2 atom stereocenters. The molecular formula is C15H20BrNO2. The first-order valence-electron chi connectivity index (χ1n) is 6.66. The van der Waals surface area contributed by atoms with Crippen LogP contribution >= 0.6 is 15.9 Å². The molecule has 0 saturated carbocycles. The highest BCUT2D eigenvalue weighted by Crippen LogP contribution is 2.22. The molecule has 1 amide bonds. The monoisotopic (exact) mass is 325 g/mol.